The molecule has 1 fully saturated rings. The number of hydrogen-bond acceptors (Lipinski definition) is 2. The average Bonchev–Trinajstić information content (AvgIpc) is 2.58. The Balaban J connectivity index is 1.49. The second-order valence-corrected chi connectivity index (χ2v) is 6.40. The number of benzene rings is 1. The van der Waals surface area contributed by atoms with Crippen LogP contribution in [0.5, 0.6) is 0 Å². The standard InChI is InChI=1S/C20H29NO2/c22-19-14-16-21(17-15-19)20(23)13-9-4-2-1-3-6-10-18-11-7-5-8-12-18/h5,7-9,11-13,19,22H,1-4,6,10,14-17H2/b13-9+. The van der Waals surface area contributed by atoms with E-state index in [1.165, 1.54) is 24.8 Å². The molecule has 1 amide bonds. The van der Waals surface area contributed by atoms with E-state index in [-0.39, 0.29) is 12.0 Å². The highest BCUT2D eigenvalue weighted by Gasteiger charge is 2.19. The summed E-state index contributed by atoms with van der Waals surface area (Å²) in [5.41, 5.74) is 1.42. The van der Waals surface area contributed by atoms with Crippen molar-refractivity contribution >= 4 is 5.91 Å². The van der Waals surface area contributed by atoms with Crippen LogP contribution in [0.2, 0.25) is 0 Å². The van der Waals surface area contributed by atoms with Gasteiger partial charge < -0.3 is 10.0 Å². The normalized spacial score (nSPS) is 16.1. The summed E-state index contributed by atoms with van der Waals surface area (Å²) in [6.45, 7) is 1.37. The minimum Gasteiger partial charge on any atom is -0.393 e. The van der Waals surface area contributed by atoms with Gasteiger partial charge in [-0.25, -0.2) is 0 Å². The Hall–Kier alpha value is -1.61. The first-order valence-corrected chi connectivity index (χ1v) is 8.93. The van der Waals surface area contributed by atoms with Gasteiger partial charge in [-0.05, 0) is 50.2 Å². The first-order chi connectivity index (χ1) is 11.3. The molecule has 0 atom stereocenters. The summed E-state index contributed by atoms with van der Waals surface area (Å²) >= 11 is 0. The molecule has 1 aromatic carbocycles. The van der Waals surface area contributed by atoms with Crippen LogP contribution in [-0.4, -0.2) is 35.1 Å². The molecule has 1 N–H and O–H groups in total. The summed E-state index contributed by atoms with van der Waals surface area (Å²) in [5, 5.41) is 9.44. The lowest BCUT2D eigenvalue weighted by molar-refractivity contribution is -0.127. The number of aryl methyl sites for hydroxylation is 1. The summed E-state index contributed by atoms with van der Waals surface area (Å²) in [7, 11) is 0. The molecule has 0 saturated carbocycles. The third kappa shape index (κ3) is 7.00. The highest BCUT2D eigenvalue weighted by Crippen LogP contribution is 2.11. The number of nitrogens with zero attached hydrogens (tertiary/aromatic N) is 1. The minimum absolute atomic E-state index is 0.0981. The molecule has 23 heavy (non-hydrogen) atoms. The molecule has 3 heteroatoms. The molecule has 126 valence electrons. The van der Waals surface area contributed by atoms with Crippen LogP contribution >= 0.6 is 0 Å². The van der Waals surface area contributed by atoms with E-state index in [9.17, 15) is 9.90 Å². The van der Waals surface area contributed by atoms with Crippen LogP contribution < -0.4 is 0 Å². The number of carbonyl (C=O) groups excluding carboxylic acids is 1. The first kappa shape index (κ1) is 17.7. The number of aliphatic hydroxyl groups excluding tert-OH is 1. The molecule has 0 aliphatic carbocycles. The fourth-order valence-electron chi connectivity index (χ4n) is 2.97. The molecule has 1 aromatic rings. The molecule has 0 radical (unpaired) electrons. The van der Waals surface area contributed by atoms with Crippen LogP contribution in [0.25, 0.3) is 0 Å². The fourth-order valence-corrected chi connectivity index (χ4v) is 2.97. The number of likely N-dealkylation sites (tertiary alicyclic amines) is 1. The predicted octanol–water partition coefficient (Wildman–Crippen LogP) is 3.72. The van der Waals surface area contributed by atoms with Gasteiger partial charge in [0, 0.05) is 13.1 Å². The lowest BCUT2D eigenvalue weighted by atomic mass is 10.1. The van der Waals surface area contributed by atoms with Crippen LogP contribution in [0.1, 0.15) is 50.5 Å². The molecule has 2 rings (SSSR count). The number of piperidine rings is 1. The quantitative estimate of drug-likeness (QED) is 0.587. The number of aliphatic hydroxyl groups is 1. The third-order valence-electron chi connectivity index (χ3n) is 4.47. The number of allylic oxidation sites excluding steroid dienone is 1. The van der Waals surface area contributed by atoms with Crippen LogP contribution in [0.15, 0.2) is 42.5 Å². The molecule has 1 saturated heterocycles. The lowest BCUT2D eigenvalue weighted by Crippen LogP contribution is -2.39. The summed E-state index contributed by atoms with van der Waals surface area (Å²) < 4.78 is 0. The molecule has 1 aliphatic rings. The van der Waals surface area contributed by atoms with Gasteiger partial charge in [-0.3, -0.25) is 4.79 Å². The van der Waals surface area contributed by atoms with Gasteiger partial charge in [0.25, 0.3) is 0 Å². The smallest absolute Gasteiger partial charge is 0.246 e. The monoisotopic (exact) mass is 315 g/mol. The second-order valence-electron chi connectivity index (χ2n) is 6.40. The maximum Gasteiger partial charge on any atom is 0.246 e. The highest BCUT2D eigenvalue weighted by molar-refractivity contribution is 5.87. The number of rotatable bonds is 8. The fraction of sp³-hybridized carbons (Fsp3) is 0.550. The maximum absolute atomic E-state index is 12.0. The Morgan fingerprint density at radius 1 is 1.09 bits per heavy atom. The summed E-state index contributed by atoms with van der Waals surface area (Å²) in [6.07, 6.45) is 11.9. The van der Waals surface area contributed by atoms with Crippen molar-refractivity contribution in [3.8, 4) is 0 Å². The van der Waals surface area contributed by atoms with E-state index in [2.05, 4.69) is 30.3 Å². The van der Waals surface area contributed by atoms with Crippen LogP contribution in [0.3, 0.4) is 0 Å². The second kappa shape index (κ2) is 10.2. The molecular formula is C20H29NO2. The van der Waals surface area contributed by atoms with Crippen LogP contribution in [0.4, 0.5) is 0 Å². The van der Waals surface area contributed by atoms with Gasteiger partial charge in [0.2, 0.25) is 5.91 Å². The molecule has 3 nitrogen and oxygen atoms in total. The Morgan fingerprint density at radius 2 is 1.78 bits per heavy atom. The van der Waals surface area contributed by atoms with E-state index in [1.807, 2.05) is 11.0 Å². The molecular weight excluding hydrogens is 286 g/mol. The van der Waals surface area contributed by atoms with Gasteiger partial charge in [0.15, 0.2) is 0 Å². The first-order valence-electron chi connectivity index (χ1n) is 8.93. The van der Waals surface area contributed by atoms with Gasteiger partial charge in [0.05, 0.1) is 6.10 Å². The lowest BCUT2D eigenvalue weighted by Gasteiger charge is -2.28. The van der Waals surface area contributed by atoms with Gasteiger partial charge in [-0.15, -0.1) is 0 Å². The number of unbranched alkanes of at least 4 members (excludes halogenated alkanes) is 4. The maximum atomic E-state index is 12.0. The van der Waals surface area contributed by atoms with Gasteiger partial charge >= 0.3 is 0 Å². The zero-order valence-corrected chi connectivity index (χ0v) is 14.0. The highest BCUT2D eigenvalue weighted by atomic mass is 16.3. The van der Waals surface area contributed by atoms with Crippen molar-refractivity contribution in [2.45, 2.75) is 57.5 Å². The molecule has 0 aromatic heterocycles. The van der Waals surface area contributed by atoms with Crippen molar-refractivity contribution in [2.24, 2.45) is 0 Å². The summed E-state index contributed by atoms with van der Waals surface area (Å²) in [5.74, 6) is 0.0981. The van der Waals surface area contributed by atoms with Crippen LogP contribution in [-0.2, 0) is 11.2 Å². The Kier molecular flexibility index (Phi) is 7.88. The topological polar surface area (TPSA) is 40.5 Å². The predicted molar refractivity (Wildman–Crippen MR) is 94.2 cm³/mol. The van der Waals surface area contributed by atoms with Crippen molar-refractivity contribution in [1.29, 1.82) is 0 Å². The van der Waals surface area contributed by atoms with E-state index in [4.69, 9.17) is 0 Å². The average molecular weight is 315 g/mol. The Labute approximate surface area is 140 Å². The van der Waals surface area contributed by atoms with E-state index in [0.717, 1.165) is 19.3 Å². The van der Waals surface area contributed by atoms with Crippen molar-refractivity contribution in [3.05, 3.63) is 48.0 Å². The zero-order valence-electron chi connectivity index (χ0n) is 14.0. The van der Waals surface area contributed by atoms with E-state index in [0.29, 0.717) is 25.9 Å². The van der Waals surface area contributed by atoms with E-state index < -0.39 is 0 Å². The van der Waals surface area contributed by atoms with Crippen molar-refractivity contribution in [1.82, 2.24) is 4.90 Å². The SMILES string of the molecule is O=C(/C=C/CCCCCCc1ccccc1)N1CCC(O)CC1. The number of amides is 1. The third-order valence-corrected chi connectivity index (χ3v) is 4.47. The molecule has 1 aliphatic heterocycles. The number of hydrogen-bond donors (Lipinski definition) is 1. The summed E-state index contributed by atoms with van der Waals surface area (Å²) in [4.78, 5) is 13.8. The van der Waals surface area contributed by atoms with Crippen molar-refractivity contribution in [2.75, 3.05) is 13.1 Å². The Bertz CT molecular complexity index is 476. The summed E-state index contributed by atoms with van der Waals surface area (Å²) in [6, 6.07) is 10.6. The molecule has 1 heterocycles. The largest absolute Gasteiger partial charge is 0.393 e. The van der Waals surface area contributed by atoms with Gasteiger partial charge in [-0.1, -0.05) is 49.2 Å². The molecule has 0 unspecified atom stereocenters. The molecule has 0 spiro atoms. The van der Waals surface area contributed by atoms with Gasteiger partial charge in [0.1, 0.15) is 0 Å². The van der Waals surface area contributed by atoms with E-state index in [1.54, 1.807) is 6.08 Å². The van der Waals surface area contributed by atoms with Crippen molar-refractivity contribution < 1.29 is 9.90 Å². The van der Waals surface area contributed by atoms with Gasteiger partial charge in [-0.2, -0.15) is 0 Å². The zero-order chi connectivity index (χ0) is 16.3. The number of carbonyl (C=O) groups is 1. The minimum atomic E-state index is -0.223. The Morgan fingerprint density at radius 3 is 2.52 bits per heavy atom. The van der Waals surface area contributed by atoms with E-state index >= 15 is 0 Å². The van der Waals surface area contributed by atoms with Crippen LogP contribution in [0, 0.1) is 0 Å². The molecule has 0 bridgehead atoms. The van der Waals surface area contributed by atoms with Crippen molar-refractivity contribution in [3.63, 3.8) is 0 Å².